The minimum absolute atomic E-state index is 0.0501. The number of carboxylic acids is 1. The molecule has 3 aromatic rings. The lowest BCUT2D eigenvalue weighted by molar-refractivity contribution is -0.137. The monoisotopic (exact) mass is 395 g/mol. The number of anilines is 1. The molecular formula is C22H21NO4S. The van der Waals surface area contributed by atoms with Gasteiger partial charge in [0.15, 0.2) is 0 Å². The van der Waals surface area contributed by atoms with Crippen LogP contribution in [0.25, 0.3) is 11.1 Å². The van der Waals surface area contributed by atoms with Gasteiger partial charge in [-0.05, 0) is 37.6 Å². The largest absolute Gasteiger partial charge is 0.480 e. The zero-order valence-corrected chi connectivity index (χ0v) is 16.4. The molecule has 3 rings (SSSR count). The molecule has 0 aliphatic rings. The molecule has 1 unspecified atom stereocenters. The number of carboxylic acid groups (broad SMARTS) is 1. The predicted octanol–water partition coefficient (Wildman–Crippen LogP) is 4.33. The van der Waals surface area contributed by atoms with Crippen molar-refractivity contribution in [2.24, 2.45) is 0 Å². The molecule has 6 heteroatoms. The van der Waals surface area contributed by atoms with Gasteiger partial charge in [0.05, 0.1) is 10.6 Å². The SMILES string of the molecule is Cc1ccc(S(=O)(=O)N(c2ccccc2-c2ccccc2)C(C)C(=O)O)cc1. The Bertz CT molecular complexity index is 1080. The van der Waals surface area contributed by atoms with Crippen molar-refractivity contribution < 1.29 is 18.3 Å². The lowest BCUT2D eigenvalue weighted by Gasteiger charge is -2.30. The fraction of sp³-hybridized carbons (Fsp3) is 0.136. The van der Waals surface area contributed by atoms with Crippen LogP contribution in [-0.2, 0) is 14.8 Å². The number of sulfonamides is 1. The van der Waals surface area contributed by atoms with E-state index in [1.54, 1.807) is 36.4 Å². The molecule has 0 saturated carbocycles. The lowest BCUT2D eigenvalue weighted by atomic mass is 10.0. The Morgan fingerprint density at radius 1 is 0.893 bits per heavy atom. The van der Waals surface area contributed by atoms with E-state index in [2.05, 4.69) is 0 Å². The minimum Gasteiger partial charge on any atom is -0.480 e. The molecule has 0 saturated heterocycles. The van der Waals surface area contributed by atoms with Crippen LogP contribution in [0.15, 0.2) is 83.8 Å². The molecule has 1 N–H and O–H groups in total. The van der Waals surface area contributed by atoms with Crippen molar-refractivity contribution in [1.82, 2.24) is 0 Å². The van der Waals surface area contributed by atoms with Gasteiger partial charge in [-0.1, -0.05) is 66.2 Å². The van der Waals surface area contributed by atoms with Gasteiger partial charge in [-0.3, -0.25) is 4.31 Å². The second kappa shape index (κ2) is 7.86. The maximum absolute atomic E-state index is 13.4. The molecule has 0 heterocycles. The fourth-order valence-corrected chi connectivity index (χ4v) is 4.63. The summed E-state index contributed by atoms with van der Waals surface area (Å²) in [5, 5.41) is 9.62. The normalized spacial score (nSPS) is 12.4. The van der Waals surface area contributed by atoms with Gasteiger partial charge in [0.1, 0.15) is 6.04 Å². The van der Waals surface area contributed by atoms with Crippen LogP contribution in [0.2, 0.25) is 0 Å². The number of rotatable bonds is 6. The molecule has 0 aromatic heterocycles. The highest BCUT2D eigenvalue weighted by atomic mass is 32.2. The first-order valence-electron chi connectivity index (χ1n) is 8.80. The highest BCUT2D eigenvalue weighted by Gasteiger charge is 2.34. The maximum Gasteiger partial charge on any atom is 0.327 e. The Hall–Kier alpha value is -3.12. The highest BCUT2D eigenvalue weighted by Crippen LogP contribution is 2.35. The van der Waals surface area contributed by atoms with Gasteiger partial charge in [-0.25, -0.2) is 13.2 Å². The predicted molar refractivity (Wildman–Crippen MR) is 110 cm³/mol. The number of carbonyl (C=O) groups is 1. The molecule has 0 amide bonds. The van der Waals surface area contributed by atoms with Crippen molar-refractivity contribution in [3.63, 3.8) is 0 Å². The van der Waals surface area contributed by atoms with Crippen LogP contribution in [0, 0.1) is 6.92 Å². The molecule has 0 bridgehead atoms. The number of benzene rings is 3. The molecule has 144 valence electrons. The zero-order valence-electron chi connectivity index (χ0n) is 15.6. The Kier molecular flexibility index (Phi) is 5.51. The van der Waals surface area contributed by atoms with Gasteiger partial charge in [-0.15, -0.1) is 0 Å². The maximum atomic E-state index is 13.4. The summed E-state index contributed by atoms with van der Waals surface area (Å²) in [7, 11) is -4.09. The average molecular weight is 395 g/mol. The van der Waals surface area contributed by atoms with E-state index in [0.717, 1.165) is 15.4 Å². The van der Waals surface area contributed by atoms with Gasteiger partial charge >= 0.3 is 5.97 Å². The number of aliphatic carboxylic acids is 1. The molecule has 3 aromatic carbocycles. The van der Waals surface area contributed by atoms with E-state index in [9.17, 15) is 18.3 Å². The molecule has 0 aliphatic carbocycles. The molecule has 0 spiro atoms. The summed E-state index contributed by atoms with van der Waals surface area (Å²) in [5.74, 6) is -1.22. The summed E-state index contributed by atoms with van der Waals surface area (Å²) < 4.78 is 27.9. The van der Waals surface area contributed by atoms with Crippen LogP contribution >= 0.6 is 0 Å². The number of aryl methyl sites for hydroxylation is 1. The van der Waals surface area contributed by atoms with Crippen LogP contribution in [0.4, 0.5) is 5.69 Å². The molecule has 0 fully saturated rings. The van der Waals surface area contributed by atoms with Crippen molar-refractivity contribution >= 4 is 21.7 Å². The van der Waals surface area contributed by atoms with E-state index in [0.29, 0.717) is 11.3 Å². The molecular weight excluding hydrogens is 374 g/mol. The van der Waals surface area contributed by atoms with Crippen LogP contribution in [-0.4, -0.2) is 25.5 Å². The van der Waals surface area contributed by atoms with E-state index in [-0.39, 0.29) is 4.90 Å². The minimum atomic E-state index is -4.09. The van der Waals surface area contributed by atoms with E-state index < -0.39 is 22.0 Å². The van der Waals surface area contributed by atoms with E-state index in [1.807, 2.05) is 37.3 Å². The van der Waals surface area contributed by atoms with Crippen molar-refractivity contribution in [2.75, 3.05) is 4.31 Å². The van der Waals surface area contributed by atoms with Gasteiger partial charge in [-0.2, -0.15) is 0 Å². The third kappa shape index (κ3) is 3.77. The summed E-state index contributed by atoms with van der Waals surface area (Å²) in [5.41, 5.74) is 2.69. The number of para-hydroxylation sites is 1. The van der Waals surface area contributed by atoms with Crippen LogP contribution in [0.5, 0.6) is 0 Å². The molecule has 0 aliphatic heterocycles. The summed E-state index contributed by atoms with van der Waals surface area (Å²) in [6, 6.07) is 21.3. The van der Waals surface area contributed by atoms with E-state index in [4.69, 9.17) is 0 Å². The molecule has 1 atom stereocenters. The van der Waals surface area contributed by atoms with Gasteiger partial charge in [0, 0.05) is 5.56 Å². The van der Waals surface area contributed by atoms with Crippen molar-refractivity contribution in [1.29, 1.82) is 0 Å². The third-order valence-electron chi connectivity index (χ3n) is 4.51. The first-order chi connectivity index (χ1) is 13.3. The fourth-order valence-electron chi connectivity index (χ4n) is 3.00. The first kappa shape index (κ1) is 19.6. The van der Waals surface area contributed by atoms with Gasteiger partial charge < -0.3 is 5.11 Å². The second-order valence-electron chi connectivity index (χ2n) is 6.51. The summed E-state index contributed by atoms with van der Waals surface area (Å²) in [6.07, 6.45) is 0. The average Bonchev–Trinajstić information content (AvgIpc) is 2.69. The van der Waals surface area contributed by atoms with Crippen molar-refractivity contribution in [3.8, 4) is 11.1 Å². The van der Waals surface area contributed by atoms with Crippen LogP contribution < -0.4 is 4.31 Å². The summed E-state index contributed by atoms with van der Waals surface area (Å²) in [4.78, 5) is 11.8. The Morgan fingerprint density at radius 2 is 1.46 bits per heavy atom. The zero-order chi connectivity index (χ0) is 20.3. The number of nitrogens with zero attached hydrogens (tertiary/aromatic N) is 1. The standard InChI is InChI=1S/C22H21NO4S/c1-16-12-14-19(15-13-16)28(26,27)23(17(2)22(24)25)21-11-7-6-10-20(21)18-8-4-3-5-9-18/h3-15,17H,1-2H3,(H,24,25). The Balaban J connectivity index is 2.23. The quantitative estimate of drug-likeness (QED) is 0.674. The summed E-state index contributed by atoms with van der Waals surface area (Å²) in [6.45, 7) is 3.23. The second-order valence-corrected chi connectivity index (χ2v) is 8.33. The highest BCUT2D eigenvalue weighted by molar-refractivity contribution is 7.93. The molecule has 28 heavy (non-hydrogen) atoms. The topological polar surface area (TPSA) is 74.7 Å². The number of hydrogen-bond donors (Lipinski definition) is 1. The van der Waals surface area contributed by atoms with Crippen LogP contribution in [0.1, 0.15) is 12.5 Å². The Morgan fingerprint density at radius 3 is 2.07 bits per heavy atom. The lowest BCUT2D eigenvalue weighted by Crippen LogP contribution is -2.43. The number of hydrogen-bond acceptors (Lipinski definition) is 3. The van der Waals surface area contributed by atoms with Crippen molar-refractivity contribution in [3.05, 3.63) is 84.4 Å². The molecule has 0 radical (unpaired) electrons. The van der Waals surface area contributed by atoms with Crippen molar-refractivity contribution in [2.45, 2.75) is 24.8 Å². The van der Waals surface area contributed by atoms with Gasteiger partial charge in [0.25, 0.3) is 10.0 Å². The van der Waals surface area contributed by atoms with E-state index >= 15 is 0 Å². The summed E-state index contributed by atoms with van der Waals surface area (Å²) >= 11 is 0. The van der Waals surface area contributed by atoms with Gasteiger partial charge in [0.2, 0.25) is 0 Å². The molecule has 5 nitrogen and oxygen atoms in total. The van der Waals surface area contributed by atoms with Crippen LogP contribution in [0.3, 0.4) is 0 Å². The first-order valence-corrected chi connectivity index (χ1v) is 10.2. The third-order valence-corrected chi connectivity index (χ3v) is 6.41. The van der Waals surface area contributed by atoms with E-state index in [1.165, 1.54) is 19.1 Å². The Labute approximate surface area is 164 Å². The smallest absolute Gasteiger partial charge is 0.327 e.